The predicted octanol–water partition coefficient (Wildman–Crippen LogP) is 6.10. The fourth-order valence-electron chi connectivity index (χ4n) is 4.06. The van der Waals surface area contributed by atoms with Crippen LogP contribution in [0.1, 0.15) is 54.0 Å². The standard InChI is InChI=1S/C19H31NP/c1-14(2)20(15(3)4)21(8)17(18(21)19(5,6)7)16-12-10-9-11-13-16/h9-15H,1-8H3/q+1. The first-order valence-corrected chi connectivity index (χ1v) is 10.3. The van der Waals surface area contributed by atoms with E-state index < -0.39 is 7.41 Å². The highest BCUT2D eigenvalue weighted by molar-refractivity contribution is 7.94. The topological polar surface area (TPSA) is 3.24 Å². The maximum atomic E-state index is 2.77. The highest BCUT2D eigenvalue weighted by atomic mass is 31.2. The van der Waals surface area contributed by atoms with Gasteiger partial charge in [0, 0.05) is 23.1 Å². The summed E-state index contributed by atoms with van der Waals surface area (Å²) in [7, 11) is -1.29. The molecule has 0 saturated heterocycles. The van der Waals surface area contributed by atoms with Crippen molar-refractivity contribution in [2.45, 2.75) is 60.5 Å². The van der Waals surface area contributed by atoms with E-state index in [9.17, 15) is 0 Å². The molecule has 1 heterocycles. The minimum Gasteiger partial charge on any atom is -0.166 e. The molecule has 0 fully saturated rings. The Kier molecular flexibility index (Phi) is 4.40. The summed E-state index contributed by atoms with van der Waals surface area (Å²) in [5.41, 5.74) is 1.69. The zero-order valence-electron chi connectivity index (χ0n) is 14.9. The molecular weight excluding hydrogens is 273 g/mol. The van der Waals surface area contributed by atoms with Crippen LogP contribution >= 0.6 is 7.41 Å². The van der Waals surface area contributed by atoms with Gasteiger partial charge >= 0.3 is 0 Å². The fourth-order valence-corrected chi connectivity index (χ4v) is 9.86. The van der Waals surface area contributed by atoms with E-state index in [1.807, 2.05) is 0 Å². The van der Waals surface area contributed by atoms with Gasteiger partial charge in [0.05, 0.1) is 6.66 Å². The monoisotopic (exact) mass is 304 g/mol. The summed E-state index contributed by atoms with van der Waals surface area (Å²) < 4.78 is 2.77. The Bertz CT molecular complexity index is 528. The quantitative estimate of drug-likeness (QED) is 0.608. The van der Waals surface area contributed by atoms with Crippen LogP contribution in [0.3, 0.4) is 0 Å². The number of benzene rings is 1. The second kappa shape index (κ2) is 5.52. The zero-order chi connectivity index (χ0) is 16.0. The van der Waals surface area contributed by atoms with Gasteiger partial charge in [-0.1, -0.05) is 51.1 Å². The Balaban J connectivity index is 2.51. The third-order valence-electron chi connectivity index (χ3n) is 4.32. The van der Waals surface area contributed by atoms with Crippen LogP contribution in [0, 0.1) is 5.41 Å². The molecule has 0 spiro atoms. The molecule has 1 aromatic carbocycles. The van der Waals surface area contributed by atoms with Crippen LogP contribution in [-0.4, -0.2) is 23.4 Å². The molecule has 2 rings (SSSR count). The van der Waals surface area contributed by atoms with Gasteiger partial charge < -0.3 is 0 Å². The van der Waals surface area contributed by atoms with Crippen molar-refractivity contribution in [3.8, 4) is 0 Å². The van der Waals surface area contributed by atoms with Gasteiger partial charge in [-0.25, -0.2) is 0 Å². The van der Waals surface area contributed by atoms with E-state index in [0.717, 1.165) is 0 Å². The Morgan fingerprint density at radius 2 is 1.38 bits per heavy atom. The van der Waals surface area contributed by atoms with Crippen LogP contribution in [0.2, 0.25) is 0 Å². The predicted molar refractivity (Wildman–Crippen MR) is 97.8 cm³/mol. The van der Waals surface area contributed by atoms with Gasteiger partial charge in [-0.3, -0.25) is 0 Å². The lowest BCUT2D eigenvalue weighted by molar-refractivity contribution is 0.322. The van der Waals surface area contributed by atoms with Crippen LogP contribution in [0.15, 0.2) is 35.6 Å². The first kappa shape index (κ1) is 16.7. The summed E-state index contributed by atoms with van der Waals surface area (Å²) in [5.74, 6) is 0. The highest BCUT2D eigenvalue weighted by Crippen LogP contribution is 2.93. The van der Waals surface area contributed by atoms with Gasteiger partial charge in [0.15, 0.2) is 12.7 Å². The van der Waals surface area contributed by atoms with Crippen LogP contribution in [0.4, 0.5) is 0 Å². The van der Waals surface area contributed by atoms with Crippen LogP contribution in [-0.2, 0) is 0 Å². The van der Waals surface area contributed by atoms with Crippen molar-refractivity contribution in [3.63, 3.8) is 0 Å². The van der Waals surface area contributed by atoms with Gasteiger partial charge in [0.2, 0.25) is 0 Å². The summed E-state index contributed by atoms with van der Waals surface area (Å²) in [6.07, 6.45) is 0. The van der Waals surface area contributed by atoms with Crippen LogP contribution in [0.25, 0.3) is 5.31 Å². The third kappa shape index (κ3) is 2.83. The molecule has 1 aliphatic rings. The summed E-state index contributed by atoms with van der Waals surface area (Å²) in [6, 6.07) is 12.2. The zero-order valence-corrected chi connectivity index (χ0v) is 15.8. The molecule has 1 nitrogen and oxygen atoms in total. The number of hydrogen-bond acceptors (Lipinski definition) is 1. The molecule has 1 aromatic rings. The number of allylic oxidation sites excluding steroid dienone is 1. The summed E-state index contributed by atoms with van der Waals surface area (Å²) in [6.45, 7) is 19.0. The second-order valence-electron chi connectivity index (χ2n) is 7.84. The first-order chi connectivity index (χ1) is 9.61. The number of nitrogens with zero attached hydrogens (tertiary/aromatic N) is 1. The smallest absolute Gasteiger partial charge is 0.164 e. The molecule has 0 aliphatic carbocycles. The molecule has 116 valence electrons. The van der Waals surface area contributed by atoms with Gasteiger partial charge in [0.1, 0.15) is 5.31 Å². The molecular formula is C19H31NP+. The maximum absolute atomic E-state index is 2.77. The molecule has 1 aliphatic heterocycles. The Labute approximate surface area is 131 Å². The number of hydrogen-bond donors (Lipinski definition) is 0. The van der Waals surface area contributed by atoms with Crippen molar-refractivity contribution in [3.05, 3.63) is 41.2 Å². The van der Waals surface area contributed by atoms with Gasteiger partial charge in [-0.2, -0.15) is 4.67 Å². The molecule has 1 unspecified atom stereocenters. The van der Waals surface area contributed by atoms with E-state index in [1.165, 1.54) is 5.56 Å². The molecule has 0 bridgehead atoms. The van der Waals surface area contributed by atoms with E-state index in [2.05, 4.69) is 90.1 Å². The highest BCUT2D eigenvalue weighted by Gasteiger charge is 2.69. The van der Waals surface area contributed by atoms with E-state index >= 15 is 0 Å². The van der Waals surface area contributed by atoms with Crippen molar-refractivity contribution in [2.75, 3.05) is 6.66 Å². The SMILES string of the molecule is CC(C)N(C(C)C)[P+]1(C)C(c2ccccc2)=C1C(C)(C)C. The molecule has 0 saturated carbocycles. The summed E-state index contributed by atoms with van der Waals surface area (Å²) >= 11 is 0. The summed E-state index contributed by atoms with van der Waals surface area (Å²) in [5, 5.41) is 3.36. The van der Waals surface area contributed by atoms with E-state index in [-0.39, 0.29) is 5.41 Å². The Morgan fingerprint density at radius 3 is 1.76 bits per heavy atom. The molecule has 0 radical (unpaired) electrons. The molecule has 0 N–H and O–H groups in total. The lowest BCUT2D eigenvalue weighted by atomic mass is 9.95. The lowest BCUT2D eigenvalue weighted by Gasteiger charge is -2.33. The molecule has 0 amide bonds. The molecule has 21 heavy (non-hydrogen) atoms. The number of rotatable bonds is 4. The van der Waals surface area contributed by atoms with Gasteiger partial charge in [0.25, 0.3) is 0 Å². The van der Waals surface area contributed by atoms with Gasteiger partial charge in [-0.05, 0) is 27.7 Å². The third-order valence-corrected chi connectivity index (χ3v) is 9.06. The van der Waals surface area contributed by atoms with Gasteiger partial charge in [-0.15, -0.1) is 0 Å². The van der Waals surface area contributed by atoms with E-state index in [1.54, 1.807) is 10.6 Å². The fraction of sp³-hybridized carbons (Fsp3) is 0.579. The minimum absolute atomic E-state index is 0.260. The molecule has 1 atom stereocenters. The van der Waals surface area contributed by atoms with E-state index in [0.29, 0.717) is 12.1 Å². The van der Waals surface area contributed by atoms with Crippen molar-refractivity contribution in [2.24, 2.45) is 5.41 Å². The summed E-state index contributed by atoms with van der Waals surface area (Å²) in [4.78, 5) is 0. The maximum Gasteiger partial charge on any atom is 0.164 e. The average Bonchev–Trinajstić information content (AvgIpc) is 2.96. The lowest BCUT2D eigenvalue weighted by Crippen LogP contribution is -2.34. The van der Waals surface area contributed by atoms with Crippen LogP contribution < -0.4 is 0 Å². The van der Waals surface area contributed by atoms with E-state index in [4.69, 9.17) is 0 Å². The largest absolute Gasteiger partial charge is 0.166 e. The van der Waals surface area contributed by atoms with Crippen molar-refractivity contribution >= 4 is 12.7 Å². The first-order valence-electron chi connectivity index (χ1n) is 8.08. The van der Waals surface area contributed by atoms with Crippen molar-refractivity contribution in [1.82, 2.24) is 4.67 Å². The van der Waals surface area contributed by atoms with Crippen LogP contribution in [0.5, 0.6) is 0 Å². The Hall–Kier alpha value is -0.650. The molecule has 2 heteroatoms. The van der Waals surface area contributed by atoms with Crippen molar-refractivity contribution < 1.29 is 0 Å². The van der Waals surface area contributed by atoms with Crippen molar-refractivity contribution in [1.29, 1.82) is 0 Å². The normalized spacial score (nSPS) is 22.6. The average molecular weight is 304 g/mol. The second-order valence-corrected chi connectivity index (χ2v) is 11.1. The molecule has 0 aromatic heterocycles. The Morgan fingerprint density at radius 1 is 0.905 bits per heavy atom. The minimum atomic E-state index is -1.29.